The van der Waals surface area contributed by atoms with E-state index in [1.54, 1.807) is 11.8 Å². The van der Waals surface area contributed by atoms with Crippen LogP contribution in [0.2, 0.25) is 0 Å². The summed E-state index contributed by atoms with van der Waals surface area (Å²) in [5.74, 6) is 0.0595. The lowest BCUT2D eigenvalue weighted by Gasteiger charge is -2.23. The summed E-state index contributed by atoms with van der Waals surface area (Å²) in [6.45, 7) is 4.36. The summed E-state index contributed by atoms with van der Waals surface area (Å²) < 4.78 is 0. The van der Waals surface area contributed by atoms with Gasteiger partial charge in [0.25, 0.3) is 5.91 Å². The number of H-pyrrole nitrogens is 1. The van der Waals surface area contributed by atoms with Crippen molar-refractivity contribution < 1.29 is 9.59 Å². The average molecular weight is 353 g/mol. The van der Waals surface area contributed by atoms with Crippen molar-refractivity contribution in [3.8, 4) is 0 Å². The maximum Gasteiger partial charge on any atom is 0.276 e. The third-order valence-corrected chi connectivity index (χ3v) is 5.68. The molecule has 1 spiro atoms. The zero-order valence-corrected chi connectivity index (χ0v) is 14.9. The van der Waals surface area contributed by atoms with Gasteiger partial charge in [-0.25, -0.2) is 0 Å². The van der Waals surface area contributed by atoms with Gasteiger partial charge in [-0.2, -0.15) is 15.4 Å². The number of nitrogens with zero attached hydrogens (tertiary/aromatic N) is 4. The van der Waals surface area contributed by atoms with E-state index in [0.29, 0.717) is 24.5 Å². The fourth-order valence-corrected chi connectivity index (χ4v) is 4.08. The fourth-order valence-electron chi connectivity index (χ4n) is 4.08. The van der Waals surface area contributed by atoms with Crippen LogP contribution in [0.15, 0.2) is 30.3 Å². The lowest BCUT2D eigenvalue weighted by molar-refractivity contribution is -0.135. The molecule has 2 saturated heterocycles. The first-order valence-electron chi connectivity index (χ1n) is 9.09. The smallest absolute Gasteiger partial charge is 0.276 e. The highest BCUT2D eigenvalue weighted by molar-refractivity contribution is 5.94. The van der Waals surface area contributed by atoms with E-state index >= 15 is 0 Å². The molecule has 2 aliphatic heterocycles. The minimum absolute atomic E-state index is 0.135. The van der Waals surface area contributed by atoms with Crippen LogP contribution in [0, 0.1) is 12.3 Å². The van der Waals surface area contributed by atoms with E-state index in [4.69, 9.17) is 0 Å². The molecule has 0 radical (unpaired) electrons. The van der Waals surface area contributed by atoms with Gasteiger partial charge in [-0.1, -0.05) is 30.3 Å². The predicted molar refractivity (Wildman–Crippen MR) is 95.4 cm³/mol. The van der Waals surface area contributed by atoms with Crippen molar-refractivity contribution in [1.82, 2.24) is 25.2 Å². The molecule has 0 bridgehead atoms. The zero-order chi connectivity index (χ0) is 18.1. The Bertz CT molecular complexity index is 818. The van der Waals surface area contributed by atoms with Gasteiger partial charge in [0, 0.05) is 26.2 Å². The average Bonchev–Trinajstić information content (AvgIpc) is 3.36. The van der Waals surface area contributed by atoms with Crippen LogP contribution in [-0.4, -0.2) is 63.2 Å². The zero-order valence-electron chi connectivity index (χ0n) is 14.9. The molecular weight excluding hydrogens is 330 g/mol. The first kappa shape index (κ1) is 16.8. The van der Waals surface area contributed by atoms with Crippen molar-refractivity contribution in [2.75, 3.05) is 26.2 Å². The summed E-state index contributed by atoms with van der Waals surface area (Å²) in [5.41, 5.74) is 1.78. The van der Waals surface area contributed by atoms with Crippen molar-refractivity contribution in [2.45, 2.75) is 26.2 Å². The van der Waals surface area contributed by atoms with Crippen LogP contribution in [0.3, 0.4) is 0 Å². The molecule has 2 amide bonds. The highest BCUT2D eigenvalue weighted by Gasteiger charge is 2.51. The third-order valence-electron chi connectivity index (χ3n) is 5.68. The molecule has 2 aliphatic rings. The van der Waals surface area contributed by atoms with Gasteiger partial charge in [0.05, 0.1) is 11.1 Å². The normalized spacial score (nSPS) is 22.6. The van der Waals surface area contributed by atoms with Crippen LogP contribution in [0.25, 0.3) is 0 Å². The lowest BCUT2D eigenvalue weighted by atomic mass is 9.85. The molecule has 136 valence electrons. The quantitative estimate of drug-likeness (QED) is 0.901. The molecule has 1 aromatic carbocycles. The molecule has 1 aromatic heterocycles. The number of carbonyl (C=O) groups excluding carboxylic acids is 2. The van der Waals surface area contributed by atoms with Gasteiger partial charge in [-0.3, -0.25) is 9.59 Å². The van der Waals surface area contributed by atoms with Crippen LogP contribution in [0.1, 0.15) is 34.6 Å². The molecule has 0 saturated carbocycles. The molecule has 7 nitrogen and oxygen atoms in total. The summed E-state index contributed by atoms with van der Waals surface area (Å²) in [7, 11) is 0. The minimum atomic E-state index is -0.413. The summed E-state index contributed by atoms with van der Waals surface area (Å²) in [6, 6.07) is 10.2. The van der Waals surface area contributed by atoms with E-state index in [2.05, 4.69) is 27.5 Å². The van der Waals surface area contributed by atoms with Crippen LogP contribution in [0.4, 0.5) is 0 Å². The first-order valence-corrected chi connectivity index (χ1v) is 9.09. The molecule has 1 N–H and O–H groups in total. The first-order chi connectivity index (χ1) is 12.6. The Morgan fingerprint density at radius 3 is 2.69 bits per heavy atom. The van der Waals surface area contributed by atoms with E-state index in [0.717, 1.165) is 32.4 Å². The standard InChI is InChI=1S/C19H23N5O2/c1-14-16(21-22-20-14)17(25)24-12-9-19(13-24)8-11-23(18(19)26)10-7-15-5-3-2-4-6-15/h2-6H,7-13H2,1H3,(H,20,21,22). The van der Waals surface area contributed by atoms with Gasteiger partial charge in [0.1, 0.15) is 0 Å². The number of nitrogens with one attached hydrogen (secondary N) is 1. The van der Waals surface area contributed by atoms with Crippen LogP contribution in [0.5, 0.6) is 0 Å². The Balaban J connectivity index is 1.40. The largest absolute Gasteiger partial charge is 0.342 e. The van der Waals surface area contributed by atoms with Crippen LogP contribution < -0.4 is 0 Å². The van der Waals surface area contributed by atoms with Crippen molar-refractivity contribution in [1.29, 1.82) is 0 Å². The van der Waals surface area contributed by atoms with E-state index in [1.807, 2.05) is 23.1 Å². The van der Waals surface area contributed by atoms with Gasteiger partial charge in [-0.05, 0) is 31.7 Å². The third kappa shape index (κ3) is 2.87. The molecule has 2 aromatic rings. The second-order valence-corrected chi connectivity index (χ2v) is 7.29. The molecule has 7 heteroatoms. The molecule has 3 heterocycles. The summed E-state index contributed by atoms with van der Waals surface area (Å²) in [6.07, 6.45) is 2.42. The van der Waals surface area contributed by atoms with Crippen molar-refractivity contribution in [3.05, 3.63) is 47.3 Å². The highest BCUT2D eigenvalue weighted by Crippen LogP contribution is 2.41. The predicted octanol–water partition coefficient (Wildman–Crippen LogP) is 1.42. The maximum absolute atomic E-state index is 13.0. The molecule has 1 atom stereocenters. The Hall–Kier alpha value is -2.70. The Labute approximate surface area is 152 Å². The number of benzene rings is 1. The second-order valence-electron chi connectivity index (χ2n) is 7.29. The molecule has 1 unspecified atom stereocenters. The molecule has 26 heavy (non-hydrogen) atoms. The van der Waals surface area contributed by atoms with Crippen LogP contribution in [-0.2, 0) is 11.2 Å². The minimum Gasteiger partial charge on any atom is -0.342 e. The number of aromatic nitrogens is 3. The number of likely N-dealkylation sites (tertiary alicyclic amines) is 2. The Morgan fingerprint density at radius 1 is 1.19 bits per heavy atom. The second kappa shape index (κ2) is 6.55. The number of rotatable bonds is 4. The molecular formula is C19H23N5O2. The van der Waals surface area contributed by atoms with Crippen molar-refractivity contribution in [2.24, 2.45) is 5.41 Å². The number of aryl methyl sites for hydroxylation is 1. The number of hydrogen-bond donors (Lipinski definition) is 1. The highest BCUT2D eigenvalue weighted by atomic mass is 16.2. The molecule has 0 aliphatic carbocycles. The number of aromatic amines is 1. The van der Waals surface area contributed by atoms with Crippen molar-refractivity contribution >= 4 is 11.8 Å². The van der Waals surface area contributed by atoms with Gasteiger partial charge in [0.15, 0.2) is 5.69 Å². The Morgan fingerprint density at radius 2 is 1.96 bits per heavy atom. The lowest BCUT2D eigenvalue weighted by Crippen LogP contribution is -2.39. The van der Waals surface area contributed by atoms with E-state index < -0.39 is 5.41 Å². The van der Waals surface area contributed by atoms with E-state index in [1.165, 1.54) is 5.56 Å². The Kier molecular flexibility index (Phi) is 4.22. The van der Waals surface area contributed by atoms with E-state index in [-0.39, 0.29) is 11.8 Å². The van der Waals surface area contributed by atoms with Gasteiger partial charge in [-0.15, -0.1) is 0 Å². The topological polar surface area (TPSA) is 82.2 Å². The summed E-state index contributed by atoms with van der Waals surface area (Å²) in [4.78, 5) is 29.4. The molecule has 4 rings (SSSR count). The van der Waals surface area contributed by atoms with Gasteiger partial charge in [0.2, 0.25) is 5.91 Å². The van der Waals surface area contributed by atoms with Crippen molar-refractivity contribution in [3.63, 3.8) is 0 Å². The number of carbonyl (C=O) groups is 2. The summed E-state index contributed by atoms with van der Waals surface area (Å²) >= 11 is 0. The molecule has 2 fully saturated rings. The number of amides is 2. The summed E-state index contributed by atoms with van der Waals surface area (Å²) in [5, 5.41) is 10.4. The van der Waals surface area contributed by atoms with Crippen LogP contribution >= 0.6 is 0 Å². The fraction of sp³-hybridized carbons (Fsp3) is 0.474. The van der Waals surface area contributed by atoms with E-state index in [9.17, 15) is 9.59 Å². The SMILES string of the molecule is Cc1n[nH]nc1C(=O)N1CCC2(CCN(CCc3ccccc3)C2=O)C1. The monoisotopic (exact) mass is 353 g/mol. The maximum atomic E-state index is 13.0. The van der Waals surface area contributed by atoms with Gasteiger partial charge < -0.3 is 9.80 Å². The number of hydrogen-bond acceptors (Lipinski definition) is 4. The van der Waals surface area contributed by atoms with Gasteiger partial charge >= 0.3 is 0 Å².